The molecule has 0 saturated heterocycles. The van der Waals surface area contributed by atoms with E-state index in [1.165, 1.54) is 12.8 Å². The molecule has 0 aromatic carbocycles. The van der Waals surface area contributed by atoms with Gasteiger partial charge in [0, 0.05) is 7.05 Å². The minimum Gasteiger partial charge on any atom is -0.372 e. The number of hydrogen-bond donors (Lipinski definition) is 1. The standard InChI is InChI=1S/C12H13N7S2/c1-13-10-8-4-5-20-11(8)15-9(14-10)6-21-12-16-17-18-19(12)7-2-3-7/h4-5,7H,2-3,6H2,1H3,(H,13,14,15). The van der Waals surface area contributed by atoms with Gasteiger partial charge in [0.15, 0.2) is 0 Å². The SMILES string of the molecule is CNc1nc(CSc2nnnn2C2CC2)nc2sccc12. The first-order valence-electron chi connectivity index (χ1n) is 6.67. The average Bonchev–Trinajstić information content (AvgIpc) is 3.06. The van der Waals surface area contributed by atoms with Crippen LogP contribution in [0.3, 0.4) is 0 Å². The molecule has 0 bridgehead atoms. The van der Waals surface area contributed by atoms with E-state index < -0.39 is 0 Å². The number of aromatic nitrogens is 6. The number of thioether (sulfide) groups is 1. The molecule has 0 atom stereocenters. The zero-order valence-corrected chi connectivity index (χ0v) is 13.0. The van der Waals surface area contributed by atoms with Crippen molar-refractivity contribution in [2.45, 2.75) is 29.8 Å². The highest BCUT2D eigenvalue weighted by molar-refractivity contribution is 7.98. The van der Waals surface area contributed by atoms with Crippen molar-refractivity contribution in [1.82, 2.24) is 30.2 Å². The van der Waals surface area contributed by atoms with E-state index >= 15 is 0 Å². The Morgan fingerprint density at radius 3 is 3.14 bits per heavy atom. The van der Waals surface area contributed by atoms with Crippen LogP contribution in [0.2, 0.25) is 0 Å². The number of nitrogens with zero attached hydrogens (tertiary/aromatic N) is 6. The van der Waals surface area contributed by atoms with Crippen molar-refractivity contribution in [1.29, 1.82) is 0 Å². The van der Waals surface area contributed by atoms with Crippen LogP contribution in [0.5, 0.6) is 0 Å². The highest BCUT2D eigenvalue weighted by atomic mass is 32.2. The zero-order chi connectivity index (χ0) is 14.2. The Labute approximate surface area is 129 Å². The number of thiophene rings is 1. The average molecular weight is 319 g/mol. The zero-order valence-electron chi connectivity index (χ0n) is 11.4. The normalized spacial score (nSPS) is 14.7. The number of tetrazole rings is 1. The van der Waals surface area contributed by atoms with Crippen LogP contribution >= 0.6 is 23.1 Å². The van der Waals surface area contributed by atoms with Gasteiger partial charge in [-0.15, -0.1) is 16.4 Å². The van der Waals surface area contributed by atoms with Gasteiger partial charge in [-0.25, -0.2) is 14.6 Å². The number of nitrogens with one attached hydrogen (secondary N) is 1. The van der Waals surface area contributed by atoms with Crippen LogP contribution in [0.15, 0.2) is 16.6 Å². The van der Waals surface area contributed by atoms with E-state index in [-0.39, 0.29) is 0 Å². The van der Waals surface area contributed by atoms with Crippen LogP contribution in [0.4, 0.5) is 5.82 Å². The summed E-state index contributed by atoms with van der Waals surface area (Å²) >= 11 is 3.21. The summed E-state index contributed by atoms with van der Waals surface area (Å²) in [6.45, 7) is 0. The molecular formula is C12H13N7S2. The third-order valence-electron chi connectivity index (χ3n) is 3.29. The summed E-state index contributed by atoms with van der Waals surface area (Å²) in [7, 11) is 1.88. The largest absolute Gasteiger partial charge is 0.372 e. The summed E-state index contributed by atoms with van der Waals surface area (Å²) in [6, 6.07) is 2.52. The Morgan fingerprint density at radius 2 is 2.33 bits per heavy atom. The molecule has 0 aliphatic heterocycles. The first-order valence-corrected chi connectivity index (χ1v) is 8.54. The first-order chi connectivity index (χ1) is 10.3. The van der Waals surface area contributed by atoms with Crippen LogP contribution in [-0.2, 0) is 5.75 Å². The van der Waals surface area contributed by atoms with E-state index in [1.807, 2.05) is 23.2 Å². The Kier molecular flexibility index (Phi) is 3.23. The van der Waals surface area contributed by atoms with Gasteiger partial charge in [0.1, 0.15) is 16.5 Å². The molecule has 1 aliphatic carbocycles. The molecular weight excluding hydrogens is 306 g/mol. The van der Waals surface area contributed by atoms with Gasteiger partial charge >= 0.3 is 0 Å². The molecule has 21 heavy (non-hydrogen) atoms. The van der Waals surface area contributed by atoms with Crippen LogP contribution < -0.4 is 5.32 Å². The minimum atomic E-state index is 0.482. The molecule has 1 aliphatic rings. The van der Waals surface area contributed by atoms with E-state index in [9.17, 15) is 0 Å². The molecule has 3 aromatic rings. The lowest BCUT2D eigenvalue weighted by Crippen LogP contribution is -2.01. The third kappa shape index (κ3) is 2.46. The lowest BCUT2D eigenvalue weighted by atomic mass is 10.4. The van der Waals surface area contributed by atoms with Crippen molar-refractivity contribution in [3.8, 4) is 0 Å². The van der Waals surface area contributed by atoms with Gasteiger partial charge in [-0.05, 0) is 34.7 Å². The first kappa shape index (κ1) is 13.0. The lowest BCUT2D eigenvalue weighted by Gasteiger charge is -2.05. The molecule has 0 amide bonds. The van der Waals surface area contributed by atoms with Gasteiger partial charge in [0.05, 0.1) is 17.2 Å². The van der Waals surface area contributed by atoms with Crippen LogP contribution in [0, 0.1) is 0 Å². The molecule has 0 radical (unpaired) electrons. The van der Waals surface area contributed by atoms with Crippen LogP contribution in [0.1, 0.15) is 24.7 Å². The molecule has 9 heteroatoms. The molecule has 7 nitrogen and oxygen atoms in total. The quantitative estimate of drug-likeness (QED) is 0.723. The van der Waals surface area contributed by atoms with E-state index in [0.29, 0.717) is 11.8 Å². The molecule has 1 N–H and O–H groups in total. The summed E-state index contributed by atoms with van der Waals surface area (Å²) in [5.41, 5.74) is 0. The van der Waals surface area contributed by atoms with Gasteiger partial charge in [-0.3, -0.25) is 0 Å². The van der Waals surface area contributed by atoms with E-state index in [2.05, 4.69) is 30.8 Å². The summed E-state index contributed by atoms with van der Waals surface area (Å²) in [4.78, 5) is 10.2. The van der Waals surface area contributed by atoms with Crippen molar-refractivity contribution < 1.29 is 0 Å². The van der Waals surface area contributed by atoms with E-state index in [0.717, 1.165) is 27.0 Å². The summed E-state index contributed by atoms with van der Waals surface area (Å²) in [5.74, 6) is 2.33. The number of hydrogen-bond acceptors (Lipinski definition) is 8. The minimum absolute atomic E-state index is 0.482. The molecule has 3 aromatic heterocycles. The molecule has 4 rings (SSSR count). The fraction of sp³-hybridized carbons (Fsp3) is 0.417. The summed E-state index contributed by atoms with van der Waals surface area (Å²) in [5, 5.41) is 19.0. The third-order valence-corrected chi connectivity index (χ3v) is 5.03. The second kappa shape index (κ2) is 5.23. The summed E-state index contributed by atoms with van der Waals surface area (Å²) in [6.07, 6.45) is 2.33. The highest BCUT2D eigenvalue weighted by Crippen LogP contribution is 2.37. The number of anilines is 1. The Morgan fingerprint density at radius 1 is 1.43 bits per heavy atom. The summed E-state index contributed by atoms with van der Waals surface area (Å²) < 4.78 is 1.91. The maximum atomic E-state index is 4.60. The second-order valence-electron chi connectivity index (χ2n) is 4.80. The second-order valence-corrected chi connectivity index (χ2v) is 6.64. The van der Waals surface area contributed by atoms with Crippen molar-refractivity contribution in [2.75, 3.05) is 12.4 Å². The maximum absolute atomic E-state index is 4.60. The van der Waals surface area contributed by atoms with Crippen molar-refractivity contribution >= 4 is 39.1 Å². The Balaban J connectivity index is 1.57. The maximum Gasteiger partial charge on any atom is 0.210 e. The van der Waals surface area contributed by atoms with Crippen LogP contribution in [0.25, 0.3) is 10.2 Å². The monoisotopic (exact) mass is 319 g/mol. The smallest absolute Gasteiger partial charge is 0.210 e. The number of rotatable bonds is 5. The highest BCUT2D eigenvalue weighted by Gasteiger charge is 2.28. The fourth-order valence-electron chi connectivity index (χ4n) is 2.11. The van der Waals surface area contributed by atoms with Gasteiger partial charge in [0.25, 0.3) is 0 Å². The molecule has 108 valence electrons. The molecule has 3 heterocycles. The van der Waals surface area contributed by atoms with Crippen molar-refractivity contribution in [3.63, 3.8) is 0 Å². The van der Waals surface area contributed by atoms with Gasteiger partial charge in [0.2, 0.25) is 5.16 Å². The van der Waals surface area contributed by atoms with Crippen molar-refractivity contribution in [2.24, 2.45) is 0 Å². The predicted octanol–water partition coefficient (Wildman–Crippen LogP) is 2.35. The molecule has 0 unspecified atom stereocenters. The molecule has 1 saturated carbocycles. The van der Waals surface area contributed by atoms with Gasteiger partial charge in [-0.1, -0.05) is 11.8 Å². The Hall–Kier alpha value is -1.74. The predicted molar refractivity (Wildman–Crippen MR) is 82.6 cm³/mol. The topological polar surface area (TPSA) is 81.4 Å². The number of fused-ring (bicyclic) bond motifs is 1. The van der Waals surface area contributed by atoms with Gasteiger partial charge in [-0.2, -0.15) is 0 Å². The van der Waals surface area contributed by atoms with Crippen molar-refractivity contribution in [3.05, 3.63) is 17.3 Å². The lowest BCUT2D eigenvalue weighted by molar-refractivity contribution is 0.565. The molecule has 0 spiro atoms. The van der Waals surface area contributed by atoms with Crippen LogP contribution in [-0.4, -0.2) is 37.2 Å². The Bertz CT molecular complexity index is 777. The van der Waals surface area contributed by atoms with E-state index in [4.69, 9.17) is 0 Å². The fourth-order valence-corrected chi connectivity index (χ4v) is 3.69. The van der Waals surface area contributed by atoms with E-state index in [1.54, 1.807) is 23.1 Å². The van der Waals surface area contributed by atoms with Gasteiger partial charge < -0.3 is 5.32 Å². The molecule has 1 fully saturated rings.